The summed E-state index contributed by atoms with van der Waals surface area (Å²) in [5, 5.41) is 0. The second-order valence-corrected chi connectivity index (χ2v) is 14.9. The predicted molar refractivity (Wildman–Crippen MR) is 242 cm³/mol. The SMILES string of the molecule is CC/C=C\C/C=C\C/C=C\C/C=C\C/C=C\CC(=O)OCC(COC(=O)CCCCCCCCCCCCC)OC(=O)CCCCCCC/C=C\C/C=C\CCC. The normalized spacial score (nSPS) is 12.8. The van der Waals surface area contributed by atoms with Crippen molar-refractivity contribution >= 4 is 17.9 Å². The van der Waals surface area contributed by atoms with Crippen LogP contribution >= 0.6 is 0 Å². The van der Waals surface area contributed by atoms with Crippen LogP contribution in [-0.2, 0) is 28.6 Å². The molecule has 0 aromatic rings. The van der Waals surface area contributed by atoms with E-state index < -0.39 is 12.1 Å². The van der Waals surface area contributed by atoms with E-state index >= 15 is 0 Å². The standard InChI is InChI=1S/C51H84O6/c1-4-7-10-13-16-19-22-24-25-27-29-32-35-38-41-44-50(53)56-47-48(46-55-49(52)43-40-37-34-31-28-21-18-15-12-9-6-3)57-51(54)45-42-39-36-33-30-26-23-20-17-14-11-8-5-2/h7,10-11,14,16,19-20,23-25,29,32,38,41,48H,4-6,8-9,12-13,15,17-18,21-22,26-28,30-31,33-37,39-40,42-47H2,1-3H3/b10-7-,14-11-,19-16-,23-20-,25-24-,32-29-,41-38-. The van der Waals surface area contributed by atoms with Gasteiger partial charge < -0.3 is 14.2 Å². The van der Waals surface area contributed by atoms with Gasteiger partial charge in [0.25, 0.3) is 0 Å². The fourth-order valence-electron chi connectivity index (χ4n) is 5.96. The molecule has 0 bridgehead atoms. The first-order valence-electron chi connectivity index (χ1n) is 23.1. The van der Waals surface area contributed by atoms with Crippen LogP contribution in [0.15, 0.2) is 85.1 Å². The number of carbonyl (C=O) groups excluding carboxylic acids is 3. The lowest BCUT2D eigenvalue weighted by atomic mass is 10.1. The van der Waals surface area contributed by atoms with Gasteiger partial charge in [-0.15, -0.1) is 0 Å². The molecule has 0 spiro atoms. The first-order valence-corrected chi connectivity index (χ1v) is 23.1. The Bertz CT molecular complexity index is 1140. The van der Waals surface area contributed by atoms with Gasteiger partial charge in [0.15, 0.2) is 6.10 Å². The highest BCUT2D eigenvalue weighted by molar-refractivity contribution is 5.72. The summed E-state index contributed by atoms with van der Waals surface area (Å²) in [5.41, 5.74) is 0. The highest BCUT2D eigenvalue weighted by atomic mass is 16.6. The smallest absolute Gasteiger partial charge is 0.309 e. The molecule has 0 heterocycles. The summed E-state index contributed by atoms with van der Waals surface area (Å²) in [7, 11) is 0. The minimum Gasteiger partial charge on any atom is -0.462 e. The van der Waals surface area contributed by atoms with E-state index in [0.29, 0.717) is 12.8 Å². The minimum absolute atomic E-state index is 0.112. The highest BCUT2D eigenvalue weighted by Gasteiger charge is 2.19. The number of unbranched alkanes of at least 4 members (excludes halogenated alkanes) is 16. The van der Waals surface area contributed by atoms with E-state index in [0.717, 1.165) is 103 Å². The second-order valence-electron chi connectivity index (χ2n) is 14.9. The zero-order chi connectivity index (χ0) is 41.5. The molecule has 0 N–H and O–H groups in total. The molecular weight excluding hydrogens is 709 g/mol. The van der Waals surface area contributed by atoms with Gasteiger partial charge in [0.05, 0.1) is 6.42 Å². The predicted octanol–water partition coefficient (Wildman–Crippen LogP) is 14.9. The van der Waals surface area contributed by atoms with Crippen molar-refractivity contribution in [3.8, 4) is 0 Å². The van der Waals surface area contributed by atoms with Crippen molar-refractivity contribution in [2.24, 2.45) is 0 Å². The Labute approximate surface area is 350 Å². The van der Waals surface area contributed by atoms with Crippen molar-refractivity contribution < 1.29 is 28.6 Å². The number of hydrogen-bond donors (Lipinski definition) is 0. The number of esters is 3. The Morgan fingerprint density at radius 3 is 1.30 bits per heavy atom. The van der Waals surface area contributed by atoms with Gasteiger partial charge in [0.1, 0.15) is 13.2 Å². The molecule has 0 saturated heterocycles. The number of ether oxygens (including phenoxy) is 3. The fourth-order valence-corrected chi connectivity index (χ4v) is 5.96. The first-order chi connectivity index (χ1) is 28.0. The summed E-state index contributed by atoms with van der Waals surface area (Å²) in [6.45, 7) is 6.33. The van der Waals surface area contributed by atoms with Gasteiger partial charge in [0, 0.05) is 12.8 Å². The maximum Gasteiger partial charge on any atom is 0.309 e. The topological polar surface area (TPSA) is 78.9 Å². The maximum atomic E-state index is 12.7. The van der Waals surface area contributed by atoms with Crippen LogP contribution in [0, 0.1) is 0 Å². The maximum absolute atomic E-state index is 12.7. The Kier molecular flexibility index (Phi) is 42.6. The fraction of sp³-hybridized carbons (Fsp3) is 0.667. The van der Waals surface area contributed by atoms with Crippen LogP contribution < -0.4 is 0 Å². The monoisotopic (exact) mass is 793 g/mol. The Hall–Kier alpha value is -3.41. The van der Waals surface area contributed by atoms with E-state index in [9.17, 15) is 14.4 Å². The lowest BCUT2D eigenvalue weighted by Gasteiger charge is -2.18. The van der Waals surface area contributed by atoms with Crippen LogP contribution in [0.25, 0.3) is 0 Å². The molecule has 57 heavy (non-hydrogen) atoms. The van der Waals surface area contributed by atoms with E-state index in [1.807, 2.05) is 6.08 Å². The Morgan fingerprint density at radius 1 is 0.386 bits per heavy atom. The molecule has 0 radical (unpaired) electrons. The lowest BCUT2D eigenvalue weighted by Crippen LogP contribution is -2.30. The van der Waals surface area contributed by atoms with Crippen LogP contribution in [0.3, 0.4) is 0 Å². The van der Waals surface area contributed by atoms with Gasteiger partial charge in [-0.25, -0.2) is 0 Å². The third-order valence-corrected chi connectivity index (χ3v) is 9.40. The summed E-state index contributed by atoms with van der Waals surface area (Å²) in [6.07, 6.45) is 57.3. The van der Waals surface area contributed by atoms with Gasteiger partial charge in [-0.1, -0.05) is 196 Å². The van der Waals surface area contributed by atoms with E-state index in [1.54, 1.807) is 6.08 Å². The molecule has 0 fully saturated rings. The molecule has 1 atom stereocenters. The van der Waals surface area contributed by atoms with E-state index in [-0.39, 0.29) is 31.6 Å². The molecule has 0 aliphatic carbocycles. The number of rotatable bonds is 40. The van der Waals surface area contributed by atoms with Gasteiger partial charge in [-0.2, -0.15) is 0 Å². The molecule has 0 aromatic carbocycles. The van der Waals surface area contributed by atoms with Gasteiger partial charge in [0.2, 0.25) is 0 Å². The van der Waals surface area contributed by atoms with Crippen molar-refractivity contribution in [1.29, 1.82) is 0 Å². The van der Waals surface area contributed by atoms with Crippen LogP contribution in [0.2, 0.25) is 0 Å². The lowest BCUT2D eigenvalue weighted by molar-refractivity contribution is -0.166. The molecule has 0 aliphatic rings. The van der Waals surface area contributed by atoms with Gasteiger partial charge >= 0.3 is 17.9 Å². The summed E-state index contributed by atoms with van der Waals surface area (Å²) < 4.78 is 16.6. The van der Waals surface area contributed by atoms with Gasteiger partial charge in [-0.05, 0) is 70.6 Å². The summed E-state index contributed by atoms with van der Waals surface area (Å²) >= 11 is 0. The molecule has 0 aromatic heterocycles. The van der Waals surface area contributed by atoms with Crippen molar-refractivity contribution in [3.05, 3.63) is 85.1 Å². The number of allylic oxidation sites excluding steroid dienone is 13. The average molecular weight is 793 g/mol. The minimum atomic E-state index is -0.820. The summed E-state index contributed by atoms with van der Waals surface area (Å²) in [5.74, 6) is -1.07. The Morgan fingerprint density at radius 2 is 0.789 bits per heavy atom. The van der Waals surface area contributed by atoms with Crippen molar-refractivity contribution in [3.63, 3.8) is 0 Å². The van der Waals surface area contributed by atoms with E-state index in [2.05, 4.69) is 93.7 Å². The molecule has 6 nitrogen and oxygen atoms in total. The molecule has 0 rings (SSSR count). The molecule has 1 unspecified atom stereocenters. The average Bonchev–Trinajstić information content (AvgIpc) is 3.21. The molecule has 6 heteroatoms. The zero-order valence-corrected chi connectivity index (χ0v) is 36.8. The number of hydrogen-bond acceptors (Lipinski definition) is 6. The molecule has 324 valence electrons. The number of carbonyl (C=O) groups is 3. The van der Waals surface area contributed by atoms with Crippen molar-refractivity contribution in [2.45, 2.75) is 207 Å². The van der Waals surface area contributed by atoms with Crippen LogP contribution in [0.4, 0.5) is 0 Å². The van der Waals surface area contributed by atoms with Crippen molar-refractivity contribution in [1.82, 2.24) is 0 Å². The zero-order valence-electron chi connectivity index (χ0n) is 36.8. The first kappa shape index (κ1) is 53.6. The second kappa shape index (κ2) is 45.3. The van der Waals surface area contributed by atoms with E-state index in [4.69, 9.17) is 14.2 Å². The highest BCUT2D eigenvalue weighted by Crippen LogP contribution is 2.13. The van der Waals surface area contributed by atoms with Gasteiger partial charge in [-0.3, -0.25) is 14.4 Å². The molecular formula is C51H84O6. The summed E-state index contributed by atoms with van der Waals surface area (Å²) in [4.78, 5) is 37.7. The van der Waals surface area contributed by atoms with Crippen molar-refractivity contribution in [2.75, 3.05) is 13.2 Å². The van der Waals surface area contributed by atoms with E-state index in [1.165, 1.54) is 57.8 Å². The van der Waals surface area contributed by atoms with Crippen LogP contribution in [0.1, 0.15) is 201 Å². The molecule has 0 amide bonds. The Balaban J connectivity index is 4.54. The molecule has 0 saturated carbocycles. The quantitative estimate of drug-likeness (QED) is 0.0266. The summed E-state index contributed by atoms with van der Waals surface area (Å²) in [6, 6.07) is 0. The third kappa shape index (κ3) is 43.6. The van der Waals surface area contributed by atoms with Crippen LogP contribution in [0.5, 0.6) is 0 Å². The largest absolute Gasteiger partial charge is 0.462 e. The third-order valence-electron chi connectivity index (χ3n) is 9.40. The molecule has 0 aliphatic heterocycles. The van der Waals surface area contributed by atoms with Crippen LogP contribution in [-0.4, -0.2) is 37.2 Å².